The second-order valence-electron chi connectivity index (χ2n) is 5.33. The number of aromatic nitrogens is 2. The summed E-state index contributed by atoms with van der Waals surface area (Å²) in [5.41, 5.74) is 1.56. The molecule has 1 saturated heterocycles. The molecule has 2 aromatic rings. The van der Waals surface area contributed by atoms with Gasteiger partial charge in [-0.05, 0) is 37.9 Å². The average molecular weight is 288 g/mol. The minimum atomic E-state index is -0.422. The van der Waals surface area contributed by atoms with Crippen LogP contribution >= 0.6 is 0 Å². The Morgan fingerprint density at radius 1 is 1.52 bits per heavy atom. The van der Waals surface area contributed by atoms with E-state index in [1.54, 1.807) is 6.07 Å². The summed E-state index contributed by atoms with van der Waals surface area (Å²) < 4.78 is 5.28. The molecule has 0 spiro atoms. The standard InChI is InChI=1S/C14H16N4O3/c1-9-2-3-11(18(19)20)7-12(9)14-16-13(21-17-14)6-10-4-5-15-8-10/h2-3,7,10,15H,4-6,8H2,1H3. The maximum absolute atomic E-state index is 10.9. The van der Waals surface area contributed by atoms with Crippen LogP contribution in [0.25, 0.3) is 11.4 Å². The van der Waals surface area contributed by atoms with Crippen LogP contribution in [0.15, 0.2) is 22.7 Å². The predicted molar refractivity (Wildman–Crippen MR) is 75.8 cm³/mol. The number of hydrogen-bond donors (Lipinski definition) is 1. The Morgan fingerprint density at radius 2 is 2.38 bits per heavy atom. The molecule has 1 aliphatic rings. The van der Waals surface area contributed by atoms with E-state index in [0.29, 0.717) is 23.2 Å². The monoisotopic (exact) mass is 288 g/mol. The second-order valence-corrected chi connectivity index (χ2v) is 5.33. The third kappa shape index (κ3) is 2.92. The number of nitro benzene ring substituents is 1. The summed E-state index contributed by atoms with van der Waals surface area (Å²) >= 11 is 0. The van der Waals surface area contributed by atoms with Crippen LogP contribution in [-0.4, -0.2) is 28.2 Å². The molecule has 0 aliphatic carbocycles. The van der Waals surface area contributed by atoms with Gasteiger partial charge in [-0.3, -0.25) is 10.1 Å². The molecule has 0 bridgehead atoms. The molecule has 0 amide bonds. The van der Waals surface area contributed by atoms with Crippen molar-refractivity contribution in [1.82, 2.24) is 15.5 Å². The van der Waals surface area contributed by atoms with Gasteiger partial charge in [0.15, 0.2) is 0 Å². The van der Waals surface area contributed by atoms with Crippen molar-refractivity contribution in [3.8, 4) is 11.4 Å². The quantitative estimate of drug-likeness (QED) is 0.684. The lowest BCUT2D eigenvalue weighted by atomic mass is 10.1. The fraction of sp³-hybridized carbons (Fsp3) is 0.429. The number of nitrogens with one attached hydrogen (secondary N) is 1. The molecule has 1 atom stereocenters. The molecule has 0 radical (unpaired) electrons. The van der Waals surface area contributed by atoms with Crippen LogP contribution < -0.4 is 5.32 Å². The maximum Gasteiger partial charge on any atom is 0.270 e. The summed E-state index contributed by atoms with van der Waals surface area (Å²) in [5.74, 6) is 1.52. The molecule has 7 nitrogen and oxygen atoms in total. The fourth-order valence-electron chi connectivity index (χ4n) is 2.55. The molecular weight excluding hydrogens is 272 g/mol. The molecule has 1 aromatic carbocycles. The van der Waals surface area contributed by atoms with Gasteiger partial charge >= 0.3 is 0 Å². The van der Waals surface area contributed by atoms with Crippen molar-refractivity contribution in [2.24, 2.45) is 5.92 Å². The van der Waals surface area contributed by atoms with Gasteiger partial charge in [0.25, 0.3) is 5.69 Å². The third-order valence-electron chi connectivity index (χ3n) is 3.77. The number of benzene rings is 1. The molecule has 1 fully saturated rings. The summed E-state index contributed by atoms with van der Waals surface area (Å²) in [5, 5.41) is 18.1. The van der Waals surface area contributed by atoms with E-state index in [0.717, 1.165) is 31.5 Å². The van der Waals surface area contributed by atoms with Gasteiger partial charge in [0, 0.05) is 24.1 Å². The lowest BCUT2D eigenvalue weighted by molar-refractivity contribution is -0.384. The van der Waals surface area contributed by atoms with E-state index in [1.165, 1.54) is 12.1 Å². The van der Waals surface area contributed by atoms with Crippen molar-refractivity contribution < 1.29 is 9.45 Å². The maximum atomic E-state index is 10.9. The van der Waals surface area contributed by atoms with Crippen molar-refractivity contribution in [3.63, 3.8) is 0 Å². The fourth-order valence-corrected chi connectivity index (χ4v) is 2.55. The van der Waals surface area contributed by atoms with Gasteiger partial charge in [0.1, 0.15) is 0 Å². The van der Waals surface area contributed by atoms with Crippen molar-refractivity contribution >= 4 is 5.69 Å². The first kappa shape index (κ1) is 13.7. The Labute approximate surface area is 121 Å². The van der Waals surface area contributed by atoms with E-state index >= 15 is 0 Å². The van der Waals surface area contributed by atoms with E-state index in [2.05, 4.69) is 15.5 Å². The van der Waals surface area contributed by atoms with E-state index in [1.807, 2.05) is 6.92 Å². The molecule has 1 aliphatic heterocycles. The van der Waals surface area contributed by atoms with Crippen LogP contribution in [0.1, 0.15) is 17.9 Å². The molecule has 2 heterocycles. The lowest BCUT2D eigenvalue weighted by Crippen LogP contribution is -2.10. The number of nitrogens with zero attached hydrogens (tertiary/aromatic N) is 3. The van der Waals surface area contributed by atoms with Crippen LogP contribution in [0, 0.1) is 23.0 Å². The highest BCUT2D eigenvalue weighted by atomic mass is 16.6. The van der Waals surface area contributed by atoms with Gasteiger partial charge in [-0.25, -0.2) is 0 Å². The Hall–Kier alpha value is -2.28. The average Bonchev–Trinajstić information content (AvgIpc) is 3.11. The Balaban J connectivity index is 1.85. The highest BCUT2D eigenvalue weighted by molar-refractivity contribution is 5.63. The number of nitro groups is 1. The Bertz CT molecular complexity index is 662. The van der Waals surface area contributed by atoms with Crippen molar-refractivity contribution in [3.05, 3.63) is 39.8 Å². The predicted octanol–water partition coefficient (Wildman–Crippen LogP) is 2.11. The zero-order valence-corrected chi connectivity index (χ0v) is 11.7. The minimum Gasteiger partial charge on any atom is -0.339 e. The third-order valence-corrected chi connectivity index (χ3v) is 3.77. The summed E-state index contributed by atoms with van der Waals surface area (Å²) in [6, 6.07) is 4.66. The normalized spacial score (nSPS) is 18.0. The second kappa shape index (κ2) is 5.61. The molecule has 21 heavy (non-hydrogen) atoms. The van der Waals surface area contributed by atoms with Crippen LogP contribution in [0.5, 0.6) is 0 Å². The molecule has 110 valence electrons. The highest BCUT2D eigenvalue weighted by Crippen LogP contribution is 2.26. The first-order chi connectivity index (χ1) is 10.1. The van der Waals surface area contributed by atoms with Gasteiger partial charge < -0.3 is 9.84 Å². The van der Waals surface area contributed by atoms with E-state index < -0.39 is 4.92 Å². The molecule has 0 saturated carbocycles. The van der Waals surface area contributed by atoms with E-state index in [-0.39, 0.29) is 5.69 Å². The molecular formula is C14H16N4O3. The SMILES string of the molecule is Cc1ccc([N+](=O)[O-])cc1-c1noc(CC2CCNC2)n1. The molecule has 1 aromatic heterocycles. The summed E-state index contributed by atoms with van der Waals surface area (Å²) in [7, 11) is 0. The Kier molecular flexibility index (Phi) is 3.66. The van der Waals surface area contributed by atoms with Crippen LogP contribution in [0.3, 0.4) is 0 Å². The van der Waals surface area contributed by atoms with Crippen LogP contribution in [0.4, 0.5) is 5.69 Å². The molecule has 1 unspecified atom stereocenters. The summed E-state index contributed by atoms with van der Waals surface area (Å²) in [6.07, 6.45) is 1.85. The first-order valence-electron chi connectivity index (χ1n) is 6.92. The zero-order valence-electron chi connectivity index (χ0n) is 11.7. The van der Waals surface area contributed by atoms with Gasteiger partial charge in [0.05, 0.1) is 4.92 Å². The summed E-state index contributed by atoms with van der Waals surface area (Å²) in [4.78, 5) is 14.8. The van der Waals surface area contributed by atoms with Crippen LogP contribution in [0.2, 0.25) is 0 Å². The number of non-ortho nitro benzene ring substituents is 1. The van der Waals surface area contributed by atoms with Gasteiger partial charge in [0.2, 0.25) is 11.7 Å². The van der Waals surface area contributed by atoms with Gasteiger partial charge in [-0.15, -0.1) is 0 Å². The van der Waals surface area contributed by atoms with E-state index in [9.17, 15) is 10.1 Å². The smallest absolute Gasteiger partial charge is 0.270 e. The van der Waals surface area contributed by atoms with Gasteiger partial charge in [-0.2, -0.15) is 4.98 Å². The lowest BCUT2D eigenvalue weighted by Gasteiger charge is -2.02. The zero-order chi connectivity index (χ0) is 14.8. The minimum absolute atomic E-state index is 0.0296. The number of hydrogen-bond acceptors (Lipinski definition) is 6. The Morgan fingerprint density at radius 3 is 3.10 bits per heavy atom. The van der Waals surface area contributed by atoms with Crippen molar-refractivity contribution in [1.29, 1.82) is 0 Å². The largest absolute Gasteiger partial charge is 0.339 e. The van der Waals surface area contributed by atoms with Crippen molar-refractivity contribution in [2.75, 3.05) is 13.1 Å². The number of aryl methyl sites for hydroxylation is 1. The molecule has 3 rings (SSSR count). The first-order valence-corrected chi connectivity index (χ1v) is 6.92. The highest BCUT2D eigenvalue weighted by Gasteiger charge is 2.20. The molecule has 1 N–H and O–H groups in total. The van der Waals surface area contributed by atoms with Crippen molar-refractivity contribution in [2.45, 2.75) is 19.8 Å². The number of rotatable bonds is 4. The summed E-state index contributed by atoms with van der Waals surface area (Å²) in [6.45, 7) is 3.86. The topological polar surface area (TPSA) is 94.1 Å². The molecule has 7 heteroatoms. The van der Waals surface area contributed by atoms with Crippen LogP contribution in [-0.2, 0) is 6.42 Å². The van der Waals surface area contributed by atoms with Gasteiger partial charge in [-0.1, -0.05) is 11.2 Å². The van der Waals surface area contributed by atoms with E-state index in [4.69, 9.17) is 4.52 Å².